The van der Waals surface area contributed by atoms with E-state index in [1.165, 1.54) is 0 Å². The Hall–Kier alpha value is -3.07. The molecule has 65 heavy (non-hydrogen) atoms. The molecule has 4 aliphatic heterocycles. The summed E-state index contributed by atoms with van der Waals surface area (Å²) in [4.78, 5) is 49.2. The highest BCUT2D eigenvalue weighted by Crippen LogP contribution is 2.37. The van der Waals surface area contributed by atoms with Gasteiger partial charge in [0.2, 0.25) is 11.8 Å². The number of carbonyl (C=O) groups excluding carboxylic acids is 2. The van der Waals surface area contributed by atoms with E-state index < -0.39 is 191 Å². The van der Waals surface area contributed by atoms with Crippen molar-refractivity contribution in [3.63, 3.8) is 0 Å². The predicted molar refractivity (Wildman–Crippen MR) is 189 cm³/mol. The fourth-order valence-corrected chi connectivity index (χ4v) is 8.52. The largest absolute Gasteiger partial charge is 0.479 e. The van der Waals surface area contributed by atoms with Gasteiger partial charge in [0.25, 0.3) is 0 Å². The number of hydrogen-bond acceptors (Lipinski definition) is 27. The molecule has 4 rings (SSSR count). The van der Waals surface area contributed by atoms with Crippen molar-refractivity contribution >= 4 is 54.9 Å². The summed E-state index contributed by atoms with van der Waals surface area (Å²) in [7, 11) is -17.0. The second-order valence-corrected chi connectivity index (χ2v) is 17.3. The molecule has 4 heterocycles. The fourth-order valence-electron chi connectivity index (χ4n) is 7.00. The summed E-state index contributed by atoms with van der Waals surface area (Å²) in [5.74, 6) is -6.33. The molecule has 0 spiro atoms. The number of nitrogens with one attached hydrogen (secondary N) is 2. The number of aliphatic carboxylic acids is 2. The van der Waals surface area contributed by atoms with Gasteiger partial charge in [-0.3, -0.25) is 23.2 Å². The minimum Gasteiger partial charge on any atom is -0.479 e. The molecule has 0 bridgehead atoms. The topological polar surface area (TPSA) is 530 Å². The highest BCUT2D eigenvalue weighted by Gasteiger charge is 2.59. The normalized spacial score (nSPS) is 40.7. The molecule has 34 nitrogen and oxygen atoms in total. The Morgan fingerprint density at radius 3 is 1.35 bits per heavy atom. The van der Waals surface area contributed by atoms with E-state index in [0.29, 0.717) is 0 Å². The van der Waals surface area contributed by atoms with Gasteiger partial charge < -0.3 is 89.8 Å². The van der Waals surface area contributed by atoms with Crippen LogP contribution < -0.4 is 10.6 Å². The van der Waals surface area contributed by atoms with Gasteiger partial charge in [-0.15, -0.1) is 0 Å². The molecule has 0 aromatic carbocycles. The van der Waals surface area contributed by atoms with Crippen molar-refractivity contribution in [3.8, 4) is 0 Å². The highest BCUT2D eigenvalue weighted by molar-refractivity contribution is 7.81. The van der Waals surface area contributed by atoms with Crippen molar-refractivity contribution in [2.24, 2.45) is 0 Å². The Balaban J connectivity index is 1.78. The van der Waals surface area contributed by atoms with E-state index in [0.717, 1.165) is 13.8 Å². The summed E-state index contributed by atoms with van der Waals surface area (Å²) >= 11 is 0. The van der Waals surface area contributed by atoms with E-state index in [1.54, 1.807) is 0 Å². The van der Waals surface area contributed by atoms with Gasteiger partial charge in [-0.05, 0) is 0 Å². The summed E-state index contributed by atoms with van der Waals surface area (Å²) < 4.78 is 151. The van der Waals surface area contributed by atoms with Crippen molar-refractivity contribution in [1.82, 2.24) is 10.6 Å². The first kappa shape index (κ1) is 54.5. The molecule has 0 aromatic rings. The van der Waals surface area contributed by atoms with Crippen molar-refractivity contribution in [1.29, 1.82) is 0 Å². The number of carboxylic acid groups (broad SMARTS) is 2. The number of hydrogen-bond donors (Lipinski definition) is 14. The maximum atomic E-state index is 12.7. The van der Waals surface area contributed by atoms with Crippen molar-refractivity contribution in [3.05, 3.63) is 0 Å². The van der Waals surface area contributed by atoms with Crippen LogP contribution in [0.2, 0.25) is 0 Å². The molecule has 37 heteroatoms. The van der Waals surface area contributed by atoms with Gasteiger partial charge in [-0.25, -0.2) is 22.1 Å². The molecule has 4 fully saturated rings. The maximum absolute atomic E-state index is 12.7. The minimum absolute atomic E-state index is 0.749. The number of carboxylic acids is 2. The lowest BCUT2D eigenvalue weighted by atomic mass is 9.94. The molecule has 0 saturated carbocycles. The number of rotatable bonds is 18. The molecule has 4 aliphatic rings. The van der Waals surface area contributed by atoms with Crippen molar-refractivity contribution in [2.75, 3.05) is 13.2 Å². The van der Waals surface area contributed by atoms with Crippen LogP contribution in [0.4, 0.5) is 0 Å². The Labute approximate surface area is 364 Å². The van der Waals surface area contributed by atoms with Gasteiger partial charge in [0, 0.05) is 13.8 Å². The molecule has 20 unspecified atom stereocenters. The smallest absolute Gasteiger partial charge is 0.397 e. The monoisotopic (exact) mass is 1020 g/mol. The lowest BCUT2D eigenvalue weighted by Crippen LogP contribution is -2.71. The van der Waals surface area contributed by atoms with Crippen LogP contribution in [0.25, 0.3) is 0 Å². The average Bonchev–Trinajstić information content (AvgIpc) is 3.16. The first-order valence-electron chi connectivity index (χ1n) is 18.0. The van der Waals surface area contributed by atoms with Crippen LogP contribution in [0, 0.1) is 0 Å². The molecule has 376 valence electrons. The molecular weight excluding hydrogens is 972 g/mol. The quantitative estimate of drug-likeness (QED) is 0.0567. The third-order valence-corrected chi connectivity index (χ3v) is 11.0. The van der Waals surface area contributed by atoms with Gasteiger partial charge in [-0.1, -0.05) is 0 Å². The third kappa shape index (κ3) is 13.8. The lowest BCUT2D eigenvalue weighted by molar-refractivity contribution is -0.366. The van der Waals surface area contributed by atoms with Crippen molar-refractivity contribution < 1.29 is 150 Å². The van der Waals surface area contributed by atoms with Gasteiger partial charge in [0.05, 0.1) is 13.2 Å². The van der Waals surface area contributed by atoms with E-state index in [2.05, 4.69) is 23.2 Å². The van der Waals surface area contributed by atoms with Crippen LogP contribution in [0.1, 0.15) is 13.8 Å². The second-order valence-electron chi connectivity index (χ2n) is 14.2. The number of aliphatic hydroxyl groups excluding tert-OH is 7. The summed E-state index contributed by atoms with van der Waals surface area (Å²) in [6.45, 7) is -0.993. The Kier molecular flexibility index (Phi) is 18.0. The molecule has 0 aromatic heterocycles. The second kappa shape index (κ2) is 21.5. The minimum atomic E-state index is -5.73. The lowest BCUT2D eigenvalue weighted by Gasteiger charge is -2.50. The van der Waals surface area contributed by atoms with E-state index in [4.69, 9.17) is 33.2 Å². The number of amides is 2. The van der Waals surface area contributed by atoms with Crippen LogP contribution in [0.5, 0.6) is 0 Å². The molecule has 0 radical (unpaired) electrons. The molecule has 2 amide bonds. The highest BCUT2D eigenvalue weighted by atomic mass is 32.3. The molecule has 20 atom stereocenters. The molecule has 4 saturated heterocycles. The molecular formula is C28H44N2O32S3. The van der Waals surface area contributed by atoms with Gasteiger partial charge in [0.15, 0.2) is 43.5 Å². The van der Waals surface area contributed by atoms with Crippen LogP contribution in [0.3, 0.4) is 0 Å². The van der Waals surface area contributed by atoms with Crippen LogP contribution >= 0.6 is 0 Å². The maximum Gasteiger partial charge on any atom is 0.397 e. The van der Waals surface area contributed by atoms with Crippen LogP contribution in [-0.2, 0) is 96.1 Å². The standard InChI is InChI=1S/C28H44N2O32S3/c1-5(33)29-9-17(15(60-63(44,45)46)7(3-31)53-25(9)43)55-27-14(38)13(37)19(22(59-27)24(41)42)57-26-10(30-6(2)34)18(16(8(4-32)54-26)61-64(47,48)49)56-28-21(62-65(50,51)52)12(36)11(35)20(58-28)23(39)40/h7-22,25-28,31-32,35-38,43H,3-4H2,1-2H3,(H,29,33)(H,30,34)(H,39,40)(H,41,42)(H,44,45,46)(H,47,48,49)(H,50,51,52). The summed E-state index contributed by atoms with van der Waals surface area (Å²) in [5, 5.41) is 98.2. The first-order chi connectivity index (χ1) is 29.9. The summed E-state index contributed by atoms with van der Waals surface area (Å²) in [6.07, 6.45) is -44.5. The van der Waals surface area contributed by atoms with Gasteiger partial charge >= 0.3 is 43.1 Å². The van der Waals surface area contributed by atoms with E-state index in [1.807, 2.05) is 0 Å². The van der Waals surface area contributed by atoms with E-state index in [9.17, 15) is 104 Å². The Morgan fingerprint density at radius 1 is 0.492 bits per heavy atom. The fraction of sp³-hybridized carbons (Fsp3) is 0.857. The van der Waals surface area contributed by atoms with Crippen LogP contribution in [0.15, 0.2) is 0 Å². The van der Waals surface area contributed by atoms with Crippen LogP contribution in [-0.4, -0.2) is 245 Å². The molecule has 14 N–H and O–H groups in total. The third-order valence-electron chi connectivity index (χ3n) is 9.56. The molecule has 0 aliphatic carbocycles. The number of aliphatic hydroxyl groups is 7. The Bertz CT molecular complexity index is 2040. The van der Waals surface area contributed by atoms with E-state index >= 15 is 0 Å². The zero-order valence-corrected chi connectivity index (χ0v) is 35.2. The summed E-state index contributed by atoms with van der Waals surface area (Å²) in [6, 6.07) is -4.26. The van der Waals surface area contributed by atoms with Gasteiger partial charge in [0.1, 0.15) is 79.2 Å². The number of ether oxygens (including phenoxy) is 7. The number of carbonyl (C=O) groups is 4. The SMILES string of the molecule is CC(=O)NC1C(O)OC(CO)C(OS(=O)(=O)O)C1OC1OC(C(=O)O)C(OC2OC(CO)C(OS(=O)(=O)O)C(OC3OC(C(=O)O)C(O)C(O)C3OS(=O)(=O)O)C2NC(C)=O)C(O)C1O. The van der Waals surface area contributed by atoms with Gasteiger partial charge in [-0.2, -0.15) is 25.3 Å². The predicted octanol–water partition coefficient (Wildman–Crippen LogP) is -9.80. The Morgan fingerprint density at radius 2 is 0.892 bits per heavy atom. The average molecular weight is 1020 g/mol. The van der Waals surface area contributed by atoms with Crippen molar-refractivity contribution in [2.45, 2.75) is 137 Å². The zero-order chi connectivity index (χ0) is 49.3. The van der Waals surface area contributed by atoms with E-state index in [-0.39, 0.29) is 0 Å². The summed E-state index contributed by atoms with van der Waals surface area (Å²) in [5.41, 5.74) is 0. The zero-order valence-electron chi connectivity index (χ0n) is 32.7. The first-order valence-corrected chi connectivity index (χ1v) is 22.1.